The number of amides is 1. The third kappa shape index (κ3) is 2.16. The number of aromatic amines is 1. The van der Waals surface area contributed by atoms with Gasteiger partial charge in [0, 0.05) is 25.8 Å². The molecule has 0 saturated carbocycles. The van der Waals surface area contributed by atoms with Crippen molar-refractivity contribution in [2.75, 3.05) is 25.4 Å². The number of rotatable bonds is 2. The second-order valence-corrected chi connectivity index (χ2v) is 4.12. The molecule has 0 bridgehead atoms. The Labute approximate surface area is 93.4 Å². The minimum atomic E-state index is -0.0689. The van der Waals surface area contributed by atoms with Gasteiger partial charge in [0.1, 0.15) is 11.5 Å². The monoisotopic (exact) mass is 224 g/mol. The van der Waals surface area contributed by atoms with Crippen LogP contribution in [0.15, 0.2) is 6.07 Å². The molecule has 1 amide bonds. The molecule has 1 saturated heterocycles. The molecule has 0 unspecified atom stereocenters. The fourth-order valence-corrected chi connectivity index (χ4v) is 1.94. The van der Waals surface area contributed by atoms with Gasteiger partial charge < -0.3 is 15.7 Å². The first-order valence-corrected chi connectivity index (χ1v) is 5.41. The predicted octanol–water partition coefficient (Wildman–Crippen LogP) is -0.164. The highest BCUT2D eigenvalue weighted by atomic mass is 16.3. The predicted molar refractivity (Wildman–Crippen MR) is 58.7 cm³/mol. The van der Waals surface area contributed by atoms with E-state index in [9.17, 15) is 4.79 Å². The topological polar surface area (TPSA) is 95.2 Å². The molecule has 1 aromatic heterocycles. The molecule has 1 aliphatic heterocycles. The fourth-order valence-electron chi connectivity index (χ4n) is 1.94. The molecule has 6 heteroatoms. The lowest BCUT2D eigenvalue weighted by Gasteiger charge is -2.30. The molecule has 4 N–H and O–H groups in total. The van der Waals surface area contributed by atoms with E-state index < -0.39 is 0 Å². The second kappa shape index (κ2) is 4.52. The normalized spacial score (nSPS) is 17.7. The number of carbonyl (C=O) groups excluding carboxylic acids is 1. The Morgan fingerprint density at radius 3 is 2.81 bits per heavy atom. The van der Waals surface area contributed by atoms with E-state index >= 15 is 0 Å². The summed E-state index contributed by atoms with van der Waals surface area (Å²) in [6.07, 6.45) is 1.71. The van der Waals surface area contributed by atoms with Gasteiger partial charge in [0.2, 0.25) is 0 Å². The van der Waals surface area contributed by atoms with E-state index in [-0.39, 0.29) is 12.5 Å². The molecule has 0 aliphatic carbocycles. The highest BCUT2D eigenvalue weighted by Crippen LogP contribution is 2.18. The maximum absolute atomic E-state index is 11.9. The number of nitrogens with two attached hydrogens (primary N) is 1. The van der Waals surface area contributed by atoms with Crippen LogP contribution in [0.25, 0.3) is 0 Å². The molecule has 0 radical (unpaired) electrons. The summed E-state index contributed by atoms with van der Waals surface area (Å²) in [5, 5.41) is 15.3. The van der Waals surface area contributed by atoms with Gasteiger partial charge in [0.25, 0.3) is 5.91 Å². The van der Waals surface area contributed by atoms with Crippen molar-refractivity contribution in [2.24, 2.45) is 5.92 Å². The number of carbonyl (C=O) groups is 1. The number of aliphatic hydroxyl groups is 1. The minimum Gasteiger partial charge on any atom is -0.396 e. The molecule has 6 nitrogen and oxygen atoms in total. The molecule has 0 spiro atoms. The van der Waals surface area contributed by atoms with Crippen molar-refractivity contribution in [3.8, 4) is 0 Å². The van der Waals surface area contributed by atoms with Crippen LogP contribution in [0, 0.1) is 5.92 Å². The molecule has 0 atom stereocenters. The Morgan fingerprint density at radius 2 is 2.31 bits per heavy atom. The number of hydrogen-bond acceptors (Lipinski definition) is 4. The molecule has 1 aromatic rings. The van der Waals surface area contributed by atoms with Gasteiger partial charge in [-0.15, -0.1) is 0 Å². The van der Waals surface area contributed by atoms with Crippen LogP contribution in [-0.2, 0) is 0 Å². The highest BCUT2D eigenvalue weighted by molar-refractivity contribution is 5.93. The first kappa shape index (κ1) is 10.9. The number of aliphatic hydroxyl groups excluding tert-OH is 1. The molecular formula is C10H16N4O2. The number of piperidine rings is 1. The van der Waals surface area contributed by atoms with Crippen molar-refractivity contribution in [1.29, 1.82) is 0 Å². The lowest BCUT2D eigenvalue weighted by atomic mass is 9.98. The van der Waals surface area contributed by atoms with Crippen molar-refractivity contribution in [3.05, 3.63) is 11.8 Å². The second-order valence-electron chi connectivity index (χ2n) is 4.12. The van der Waals surface area contributed by atoms with Gasteiger partial charge in [-0.1, -0.05) is 0 Å². The minimum absolute atomic E-state index is 0.0689. The summed E-state index contributed by atoms with van der Waals surface area (Å²) in [4.78, 5) is 13.7. The zero-order chi connectivity index (χ0) is 11.5. The summed E-state index contributed by atoms with van der Waals surface area (Å²) >= 11 is 0. The smallest absolute Gasteiger partial charge is 0.271 e. The average molecular weight is 224 g/mol. The van der Waals surface area contributed by atoms with Gasteiger partial charge in [-0.25, -0.2) is 0 Å². The first-order chi connectivity index (χ1) is 7.70. The Morgan fingerprint density at radius 1 is 1.62 bits per heavy atom. The van der Waals surface area contributed by atoms with E-state index in [2.05, 4.69) is 10.2 Å². The van der Waals surface area contributed by atoms with E-state index in [4.69, 9.17) is 10.8 Å². The third-order valence-electron chi connectivity index (χ3n) is 2.99. The largest absolute Gasteiger partial charge is 0.396 e. The maximum atomic E-state index is 11.9. The van der Waals surface area contributed by atoms with Crippen LogP contribution in [0.4, 0.5) is 5.82 Å². The van der Waals surface area contributed by atoms with E-state index in [1.54, 1.807) is 11.0 Å². The average Bonchev–Trinajstić information content (AvgIpc) is 2.75. The number of likely N-dealkylation sites (tertiary alicyclic amines) is 1. The number of aromatic nitrogens is 2. The quantitative estimate of drug-likeness (QED) is 0.650. The number of nitrogens with zero attached hydrogens (tertiary/aromatic N) is 2. The highest BCUT2D eigenvalue weighted by Gasteiger charge is 2.24. The third-order valence-corrected chi connectivity index (χ3v) is 2.99. The van der Waals surface area contributed by atoms with Crippen LogP contribution in [-0.4, -0.2) is 45.8 Å². The van der Waals surface area contributed by atoms with E-state index in [0.29, 0.717) is 30.5 Å². The lowest BCUT2D eigenvalue weighted by molar-refractivity contribution is 0.0645. The Kier molecular flexibility index (Phi) is 3.09. The van der Waals surface area contributed by atoms with Crippen molar-refractivity contribution >= 4 is 11.7 Å². The fraction of sp³-hybridized carbons (Fsp3) is 0.600. The Balaban J connectivity index is 1.96. The van der Waals surface area contributed by atoms with Crippen LogP contribution >= 0.6 is 0 Å². The van der Waals surface area contributed by atoms with Gasteiger partial charge >= 0.3 is 0 Å². The Bertz CT molecular complexity index is 369. The van der Waals surface area contributed by atoms with E-state index in [1.165, 1.54) is 0 Å². The molecule has 2 heterocycles. The molecule has 16 heavy (non-hydrogen) atoms. The summed E-state index contributed by atoms with van der Waals surface area (Å²) < 4.78 is 0. The standard InChI is InChI=1S/C10H16N4O2/c11-9-5-8(12-13-9)10(16)14-3-1-7(6-15)2-4-14/h5,7,15H,1-4,6H2,(H3,11,12,13). The summed E-state index contributed by atoms with van der Waals surface area (Å²) in [5.41, 5.74) is 5.87. The SMILES string of the molecule is Nc1cc(C(=O)N2CCC(CO)CC2)[nH]n1. The summed E-state index contributed by atoms with van der Waals surface area (Å²) in [7, 11) is 0. The van der Waals surface area contributed by atoms with Gasteiger partial charge in [0.05, 0.1) is 0 Å². The number of hydrogen-bond donors (Lipinski definition) is 3. The van der Waals surface area contributed by atoms with E-state index in [1.807, 2.05) is 0 Å². The van der Waals surface area contributed by atoms with Crippen molar-refractivity contribution in [3.63, 3.8) is 0 Å². The van der Waals surface area contributed by atoms with Crippen molar-refractivity contribution in [1.82, 2.24) is 15.1 Å². The molecule has 1 fully saturated rings. The van der Waals surface area contributed by atoms with Crippen molar-refractivity contribution < 1.29 is 9.90 Å². The molecule has 2 rings (SSSR count). The maximum Gasteiger partial charge on any atom is 0.271 e. The van der Waals surface area contributed by atoms with Crippen LogP contribution < -0.4 is 5.73 Å². The van der Waals surface area contributed by atoms with Crippen LogP contribution in [0.2, 0.25) is 0 Å². The first-order valence-electron chi connectivity index (χ1n) is 5.41. The number of anilines is 1. The molecular weight excluding hydrogens is 208 g/mol. The van der Waals surface area contributed by atoms with Crippen molar-refractivity contribution in [2.45, 2.75) is 12.8 Å². The summed E-state index contributed by atoms with van der Waals surface area (Å²) in [6.45, 7) is 1.57. The number of H-pyrrole nitrogens is 1. The van der Waals surface area contributed by atoms with Gasteiger partial charge in [-0.2, -0.15) is 5.10 Å². The molecule has 88 valence electrons. The van der Waals surface area contributed by atoms with Gasteiger partial charge in [-0.3, -0.25) is 9.89 Å². The van der Waals surface area contributed by atoms with Gasteiger partial charge in [-0.05, 0) is 18.8 Å². The van der Waals surface area contributed by atoms with Crippen LogP contribution in [0.5, 0.6) is 0 Å². The molecule has 1 aliphatic rings. The number of nitrogens with one attached hydrogen (secondary N) is 1. The lowest BCUT2D eigenvalue weighted by Crippen LogP contribution is -2.39. The molecule has 0 aromatic carbocycles. The number of nitrogen functional groups attached to an aromatic ring is 1. The van der Waals surface area contributed by atoms with Crippen LogP contribution in [0.3, 0.4) is 0 Å². The summed E-state index contributed by atoms with van der Waals surface area (Å²) in [6, 6.07) is 1.54. The van der Waals surface area contributed by atoms with E-state index in [0.717, 1.165) is 12.8 Å². The zero-order valence-corrected chi connectivity index (χ0v) is 9.02. The summed E-state index contributed by atoms with van der Waals surface area (Å²) in [5.74, 6) is 0.588. The Hall–Kier alpha value is -1.56. The zero-order valence-electron chi connectivity index (χ0n) is 9.02. The van der Waals surface area contributed by atoms with Crippen LogP contribution in [0.1, 0.15) is 23.3 Å². The van der Waals surface area contributed by atoms with Gasteiger partial charge in [0.15, 0.2) is 0 Å².